The van der Waals surface area contributed by atoms with Crippen LogP contribution in [0.3, 0.4) is 0 Å². The van der Waals surface area contributed by atoms with E-state index in [4.69, 9.17) is 9.84 Å². The lowest BCUT2D eigenvalue weighted by atomic mass is 10.2. The Kier molecular flexibility index (Phi) is 1.05. The first-order valence-corrected chi connectivity index (χ1v) is 2.57. The molecule has 0 saturated carbocycles. The topological polar surface area (TPSA) is 29.5 Å². The van der Waals surface area contributed by atoms with E-state index in [9.17, 15) is 0 Å². The van der Waals surface area contributed by atoms with Gasteiger partial charge in [-0.05, 0) is 13.3 Å². The van der Waals surface area contributed by atoms with Crippen LogP contribution in [0.4, 0.5) is 0 Å². The minimum Gasteiger partial charge on any atom is -0.366 e. The molecule has 1 heterocycles. The second-order valence-corrected chi connectivity index (χ2v) is 2.13. The first-order valence-electron chi connectivity index (χ1n) is 2.57. The molecule has 1 aliphatic heterocycles. The van der Waals surface area contributed by atoms with Gasteiger partial charge >= 0.3 is 0 Å². The zero-order chi connectivity index (χ0) is 5.33. The Morgan fingerprint density at radius 2 is 2.43 bits per heavy atom. The summed E-state index contributed by atoms with van der Waals surface area (Å²) in [5.41, 5.74) is 0. The van der Waals surface area contributed by atoms with Gasteiger partial charge in [0.2, 0.25) is 0 Å². The van der Waals surface area contributed by atoms with Gasteiger partial charge in [-0.3, -0.25) is 0 Å². The summed E-state index contributed by atoms with van der Waals surface area (Å²) in [5, 5.41) is 8.97. The van der Waals surface area contributed by atoms with Crippen LogP contribution in [0.1, 0.15) is 19.8 Å². The third-order valence-electron chi connectivity index (χ3n) is 1.20. The molecular weight excluding hydrogens is 92.1 g/mol. The fourth-order valence-electron chi connectivity index (χ4n) is 0.764. The molecular formula is C5H10O2. The molecule has 0 amide bonds. The van der Waals surface area contributed by atoms with E-state index in [1.165, 1.54) is 0 Å². The highest BCUT2D eigenvalue weighted by Gasteiger charge is 2.25. The summed E-state index contributed by atoms with van der Waals surface area (Å²) < 4.78 is 4.90. The van der Waals surface area contributed by atoms with E-state index < -0.39 is 5.79 Å². The molecule has 2 nitrogen and oxygen atoms in total. The lowest BCUT2D eigenvalue weighted by molar-refractivity contribution is -0.155. The second kappa shape index (κ2) is 1.46. The van der Waals surface area contributed by atoms with Gasteiger partial charge < -0.3 is 9.84 Å². The molecule has 0 spiro atoms. The van der Waals surface area contributed by atoms with Crippen molar-refractivity contribution < 1.29 is 9.84 Å². The van der Waals surface area contributed by atoms with E-state index in [-0.39, 0.29) is 0 Å². The third-order valence-corrected chi connectivity index (χ3v) is 1.20. The molecule has 0 aromatic rings. The number of ether oxygens (including phenoxy) is 1. The van der Waals surface area contributed by atoms with Crippen LogP contribution in [-0.2, 0) is 4.74 Å². The maximum absolute atomic E-state index is 8.97. The van der Waals surface area contributed by atoms with Gasteiger partial charge in [0.1, 0.15) is 0 Å². The number of aliphatic hydroxyl groups is 1. The molecule has 1 atom stereocenters. The Hall–Kier alpha value is -0.0800. The smallest absolute Gasteiger partial charge is 0.162 e. The van der Waals surface area contributed by atoms with Crippen LogP contribution in [0.15, 0.2) is 0 Å². The van der Waals surface area contributed by atoms with E-state index in [0.717, 1.165) is 12.8 Å². The van der Waals surface area contributed by atoms with Crippen molar-refractivity contribution in [3.05, 3.63) is 0 Å². The maximum atomic E-state index is 8.97. The highest BCUT2D eigenvalue weighted by Crippen LogP contribution is 2.20. The first-order chi connectivity index (χ1) is 3.21. The molecule has 42 valence electrons. The number of hydrogen-bond donors (Lipinski definition) is 1. The van der Waals surface area contributed by atoms with E-state index in [0.29, 0.717) is 6.61 Å². The minimum atomic E-state index is -0.806. The highest BCUT2D eigenvalue weighted by atomic mass is 16.6. The van der Waals surface area contributed by atoms with Crippen molar-refractivity contribution in [2.45, 2.75) is 25.6 Å². The molecule has 0 radical (unpaired) electrons. The summed E-state index contributed by atoms with van der Waals surface area (Å²) in [6.07, 6.45) is 1.78. The highest BCUT2D eigenvalue weighted by molar-refractivity contribution is 4.65. The molecule has 7 heavy (non-hydrogen) atoms. The zero-order valence-electron chi connectivity index (χ0n) is 4.48. The second-order valence-electron chi connectivity index (χ2n) is 2.13. The molecule has 1 aliphatic rings. The summed E-state index contributed by atoms with van der Waals surface area (Å²) in [6.45, 7) is 2.41. The Bertz CT molecular complexity index is 60.5. The SMILES string of the molecule is C[C@@]1(O)CCCO1. The van der Waals surface area contributed by atoms with Gasteiger partial charge in [-0.15, -0.1) is 0 Å². The molecule has 1 saturated heterocycles. The van der Waals surface area contributed by atoms with Crippen LogP contribution in [-0.4, -0.2) is 17.5 Å². The molecule has 2 heteroatoms. The standard InChI is InChI=1S/C5H10O2/c1-5(6)3-2-4-7-5/h6H,2-4H2,1H3/t5-/m0/s1. The van der Waals surface area contributed by atoms with Crippen LogP contribution in [0.2, 0.25) is 0 Å². The number of hydrogen-bond acceptors (Lipinski definition) is 2. The molecule has 0 unspecified atom stereocenters. The van der Waals surface area contributed by atoms with Crippen molar-refractivity contribution in [2.24, 2.45) is 0 Å². The molecule has 0 bridgehead atoms. The summed E-state index contributed by atoms with van der Waals surface area (Å²) in [6, 6.07) is 0. The zero-order valence-corrected chi connectivity index (χ0v) is 4.48. The molecule has 0 aromatic heterocycles. The van der Waals surface area contributed by atoms with E-state index in [1.54, 1.807) is 6.92 Å². The van der Waals surface area contributed by atoms with Crippen molar-refractivity contribution in [2.75, 3.05) is 6.61 Å². The van der Waals surface area contributed by atoms with Gasteiger partial charge in [0, 0.05) is 6.42 Å². The van der Waals surface area contributed by atoms with Crippen molar-refractivity contribution >= 4 is 0 Å². The van der Waals surface area contributed by atoms with Crippen molar-refractivity contribution in [1.29, 1.82) is 0 Å². The van der Waals surface area contributed by atoms with Gasteiger partial charge in [-0.1, -0.05) is 0 Å². The van der Waals surface area contributed by atoms with Gasteiger partial charge in [-0.2, -0.15) is 0 Å². The average Bonchev–Trinajstić information content (AvgIpc) is 1.84. The van der Waals surface area contributed by atoms with Gasteiger partial charge in [0.05, 0.1) is 6.61 Å². The van der Waals surface area contributed by atoms with Gasteiger partial charge in [0.15, 0.2) is 5.79 Å². The third kappa shape index (κ3) is 1.14. The maximum Gasteiger partial charge on any atom is 0.162 e. The minimum absolute atomic E-state index is 0.715. The fourth-order valence-corrected chi connectivity index (χ4v) is 0.764. The van der Waals surface area contributed by atoms with Crippen LogP contribution < -0.4 is 0 Å². The van der Waals surface area contributed by atoms with E-state index >= 15 is 0 Å². The molecule has 0 aromatic carbocycles. The normalized spacial score (nSPS) is 42.0. The van der Waals surface area contributed by atoms with Gasteiger partial charge in [0.25, 0.3) is 0 Å². The predicted octanol–water partition coefficient (Wildman–Crippen LogP) is 0.505. The van der Waals surface area contributed by atoms with Crippen LogP contribution in [0.25, 0.3) is 0 Å². The van der Waals surface area contributed by atoms with Crippen molar-refractivity contribution in [1.82, 2.24) is 0 Å². The Balaban J connectivity index is 2.40. The summed E-state index contributed by atoms with van der Waals surface area (Å²) in [5.74, 6) is -0.806. The van der Waals surface area contributed by atoms with Crippen molar-refractivity contribution in [3.63, 3.8) is 0 Å². The largest absolute Gasteiger partial charge is 0.366 e. The Morgan fingerprint density at radius 3 is 2.57 bits per heavy atom. The molecule has 1 fully saturated rings. The number of rotatable bonds is 0. The predicted molar refractivity (Wildman–Crippen MR) is 25.8 cm³/mol. The summed E-state index contributed by atoms with van der Waals surface area (Å²) in [7, 11) is 0. The Morgan fingerprint density at radius 1 is 1.71 bits per heavy atom. The van der Waals surface area contributed by atoms with Crippen LogP contribution in [0.5, 0.6) is 0 Å². The lowest BCUT2D eigenvalue weighted by Crippen LogP contribution is -2.20. The fraction of sp³-hybridized carbons (Fsp3) is 1.00. The Labute approximate surface area is 43.1 Å². The summed E-state index contributed by atoms with van der Waals surface area (Å²) >= 11 is 0. The molecule has 0 aliphatic carbocycles. The average molecular weight is 102 g/mol. The first kappa shape index (κ1) is 5.06. The van der Waals surface area contributed by atoms with Crippen LogP contribution in [0, 0.1) is 0 Å². The molecule has 1 rings (SSSR count). The van der Waals surface area contributed by atoms with Gasteiger partial charge in [-0.25, -0.2) is 0 Å². The lowest BCUT2D eigenvalue weighted by Gasteiger charge is -2.12. The summed E-state index contributed by atoms with van der Waals surface area (Å²) in [4.78, 5) is 0. The molecule has 1 N–H and O–H groups in total. The quantitative estimate of drug-likeness (QED) is 0.482. The van der Waals surface area contributed by atoms with E-state index in [2.05, 4.69) is 0 Å². The monoisotopic (exact) mass is 102 g/mol. The van der Waals surface area contributed by atoms with Crippen molar-refractivity contribution in [3.8, 4) is 0 Å². The van der Waals surface area contributed by atoms with Crippen LogP contribution >= 0.6 is 0 Å². The van der Waals surface area contributed by atoms with E-state index in [1.807, 2.05) is 0 Å².